The van der Waals surface area contributed by atoms with Gasteiger partial charge in [0.1, 0.15) is 5.75 Å². The topological polar surface area (TPSA) is 74.8 Å². The molecule has 1 aromatic carbocycles. The summed E-state index contributed by atoms with van der Waals surface area (Å²) in [6, 6.07) is 7.83. The summed E-state index contributed by atoms with van der Waals surface area (Å²) in [5.41, 5.74) is -0.232. The molecule has 0 saturated carbocycles. The number of benzene rings is 1. The van der Waals surface area contributed by atoms with Gasteiger partial charge in [-0.15, -0.1) is 24.0 Å². The molecule has 0 fully saturated rings. The first kappa shape index (κ1) is 26.3. The van der Waals surface area contributed by atoms with Crippen LogP contribution in [0.25, 0.3) is 0 Å². The number of guanidine groups is 1. The van der Waals surface area contributed by atoms with E-state index < -0.39 is 0 Å². The highest BCUT2D eigenvalue weighted by atomic mass is 127. The largest absolute Gasteiger partial charge is 0.493 e. The van der Waals surface area contributed by atoms with E-state index in [0.29, 0.717) is 12.6 Å². The van der Waals surface area contributed by atoms with Gasteiger partial charge in [0, 0.05) is 35.1 Å². The van der Waals surface area contributed by atoms with Gasteiger partial charge in [0.05, 0.1) is 13.2 Å². The van der Waals surface area contributed by atoms with Crippen LogP contribution in [-0.2, 0) is 4.79 Å². The zero-order valence-corrected chi connectivity index (χ0v) is 21.0. The molecule has 0 saturated heterocycles. The first-order valence-corrected chi connectivity index (χ1v) is 10.5. The van der Waals surface area contributed by atoms with Gasteiger partial charge in [0.15, 0.2) is 5.96 Å². The van der Waals surface area contributed by atoms with Gasteiger partial charge in [-0.2, -0.15) is 11.8 Å². The molecule has 0 bridgehead atoms. The minimum Gasteiger partial charge on any atom is -0.493 e. The lowest BCUT2D eigenvalue weighted by atomic mass is 10.1. The molecule has 1 amide bonds. The van der Waals surface area contributed by atoms with Crippen molar-refractivity contribution in [1.29, 1.82) is 0 Å². The molecule has 0 aliphatic carbocycles. The van der Waals surface area contributed by atoms with Crippen LogP contribution in [0.2, 0.25) is 0 Å². The lowest BCUT2D eigenvalue weighted by Gasteiger charge is -2.21. The highest BCUT2D eigenvalue weighted by Crippen LogP contribution is 2.17. The van der Waals surface area contributed by atoms with Crippen molar-refractivity contribution >= 4 is 63.5 Å². The molecule has 0 radical (unpaired) electrons. The van der Waals surface area contributed by atoms with E-state index in [9.17, 15) is 4.79 Å². The second-order valence-electron chi connectivity index (χ2n) is 6.57. The van der Waals surface area contributed by atoms with Crippen molar-refractivity contribution in [2.24, 2.45) is 4.99 Å². The number of ether oxygens (including phenoxy) is 1. The van der Waals surface area contributed by atoms with E-state index in [1.165, 1.54) is 0 Å². The number of rotatable bonds is 9. The fourth-order valence-corrected chi connectivity index (χ4v) is 3.00. The summed E-state index contributed by atoms with van der Waals surface area (Å²) in [5.74, 6) is 3.28. The molecular formula is C18H30BrIN4O2S. The molecular weight excluding hydrogens is 543 g/mol. The van der Waals surface area contributed by atoms with Crippen LogP contribution < -0.4 is 20.7 Å². The quantitative estimate of drug-likeness (QED) is 0.183. The second-order valence-corrected chi connectivity index (χ2v) is 8.71. The molecule has 0 aliphatic rings. The monoisotopic (exact) mass is 572 g/mol. The highest BCUT2D eigenvalue weighted by Gasteiger charge is 2.13. The fraction of sp³-hybridized carbons (Fsp3) is 0.556. The number of hydrogen-bond donors (Lipinski definition) is 3. The van der Waals surface area contributed by atoms with E-state index >= 15 is 0 Å². The molecule has 9 heteroatoms. The van der Waals surface area contributed by atoms with Crippen LogP contribution in [-0.4, -0.2) is 55.7 Å². The van der Waals surface area contributed by atoms with E-state index in [1.807, 2.05) is 45.0 Å². The Balaban J connectivity index is 0.00000676. The summed E-state index contributed by atoms with van der Waals surface area (Å²) in [4.78, 5) is 15.9. The van der Waals surface area contributed by atoms with Crippen molar-refractivity contribution < 1.29 is 9.53 Å². The Morgan fingerprint density at radius 2 is 2.00 bits per heavy atom. The van der Waals surface area contributed by atoms with Crippen molar-refractivity contribution in [3.05, 3.63) is 28.7 Å². The standard InChI is InChI=1S/C18H29BrN4O2S.HI/c1-18(2,3)23-16(24)13-22-17(20-4)21-8-10-26-11-9-25-15-7-5-6-14(19)12-15;/h5-7,12H,8-11,13H2,1-4H3,(H,23,24)(H2,20,21,22);1H. The van der Waals surface area contributed by atoms with Crippen LogP contribution >= 0.6 is 51.7 Å². The summed E-state index contributed by atoms with van der Waals surface area (Å²) in [6.07, 6.45) is 0. The Bertz CT molecular complexity index is 597. The van der Waals surface area contributed by atoms with Gasteiger partial charge in [0.25, 0.3) is 0 Å². The molecule has 27 heavy (non-hydrogen) atoms. The van der Waals surface area contributed by atoms with E-state index in [1.54, 1.807) is 18.8 Å². The molecule has 0 aromatic heterocycles. The maximum atomic E-state index is 11.8. The van der Waals surface area contributed by atoms with Crippen LogP contribution in [0.15, 0.2) is 33.7 Å². The second kappa shape index (κ2) is 14.3. The van der Waals surface area contributed by atoms with E-state index in [0.717, 1.165) is 28.3 Å². The molecule has 154 valence electrons. The predicted molar refractivity (Wildman–Crippen MR) is 130 cm³/mol. The smallest absolute Gasteiger partial charge is 0.239 e. The van der Waals surface area contributed by atoms with Crippen molar-refractivity contribution in [3.63, 3.8) is 0 Å². The molecule has 0 spiro atoms. The van der Waals surface area contributed by atoms with Gasteiger partial charge >= 0.3 is 0 Å². The number of hydrogen-bond acceptors (Lipinski definition) is 4. The minimum atomic E-state index is -0.232. The van der Waals surface area contributed by atoms with Gasteiger partial charge in [-0.1, -0.05) is 22.0 Å². The predicted octanol–water partition coefficient (Wildman–Crippen LogP) is 3.26. The highest BCUT2D eigenvalue weighted by molar-refractivity contribution is 14.0. The molecule has 6 nitrogen and oxygen atoms in total. The van der Waals surface area contributed by atoms with Crippen LogP contribution in [0.1, 0.15) is 20.8 Å². The number of thioether (sulfide) groups is 1. The fourth-order valence-electron chi connectivity index (χ4n) is 1.97. The minimum absolute atomic E-state index is 0. The van der Waals surface area contributed by atoms with E-state index in [2.05, 4.69) is 36.9 Å². The molecule has 0 unspecified atom stereocenters. The summed E-state index contributed by atoms with van der Waals surface area (Å²) in [6.45, 7) is 7.49. The Morgan fingerprint density at radius 3 is 2.63 bits per heavy atom. The zero-order chi connectivity index (χ0) is 19.4. The first-order valence-electron chi connectivity index (χ1n) is 8.52. The number of carbonyl (C=O) groups is 1. The number of nitrogens with zero attached hydrogens (tertiary/aromatic N) is 1. The summed E-state index contributed by atoms with van der Waals surface area (Å²) >= 11 is 5.23. The molecule has 0 aliphatic heterocycles. The van der Waals surface area contributed by atoms with Gasteiger partial charge in [-0.25, -0.2) is 0 Å². The van der Waals surface area contributed by atoms with E-state index in [-0.39, 0.29) is 42.0 Å². The van der Waals surface area contributed by atoms with Crippen LogP contribution in [0, 0.1) is 0 Å². The van der Waals surface area contributed by atoms with Crippen molar-refractivity contribution in [1.82, 2.24) is 16.0 Å². The SMILES string of the molecule is CN=C(NCCSCCOc1cccc(Br)c1)NCC(=O)NC(C)(C)C.I. The Morgan fingerprint density at radius 1 is 1.26 bits per heavy atom. The lowest BCUT2D eigenvalue weighted by Crippen LogP contribution is -2.48. The number of carbonyl (C=O) groups excluding carboxylic acids is 1. The zero-order valence-electron chi connectivity index (χ0n) is 16.3. The molecule has 0 heterocycles. The number of aliphatic imine (C=N–C) groups is 1. The van der Waals surface area contributed by atoms with Gasteiger partial charge in [-0.3, -0.25) is 9.79 Å². The van der Waals surface area contributed by atoms with Gasteiger partial charge < -0.3 is 20.7 Å². The molecule has 0 atom stereocenters. The molecule has 1 rings (SSSR count). The van der Waals surface area contributed by atoms with Gasteiger partial charge in [0.2, 0.25) is 5.91 Å². The Hall–Kier alpha value is -0.680. The van der Waals surface area contributed by atoms with Crippen molar-refractivity contribution in [2.75, 3.05) is 38.2 Å². The summed E-state index contributed by atoms with van der Waals surface area (Å²) < 4.78 is 6.70. The number of amides is 1. The average Bonchev–Trinajstić information content (AvgIpc) is 2.55. The Kier molecular flexibility index (Phi) is 14.0. The first-order chi connectivity index (χ1) is 12.3. The maximum Gasteiger partial charge on any atom is 0.239 e. The van der Waals surface area contributed by atoms with Gasteiger partial charge in [-0.05, 0) is 39.0 Å². The molecule has 3 N–H and O–H groups in total. The average molecular weight is 573 g/mol. The third-order valence-electron chi connectivity index (χ3n) is 2.99. The normalized spacial score (nSPS) is 11.4. The number of halogens is 2. The summed E-state index contributed by atoms with van der Waals surface area (Å²) in [7, 11) is 1.69. The van der Waals surface area contributed by atoms with Crippen LogP contribution in [0.4, 0.5) is 0 Å². The van der Waals surface area contributed by atoms with Crippen LogP contribution in [0.5, 0.6) is 5.75 Å². The Labute approximate surface area is 192 Å². The number of nitrogens with one attached hydrogen (secondary N) is 3. The van der Waals surface area contributed by atoms with Crippen molar-refractivity contribution in [2.45, 2.75) is 26.3 Å². The lowest BCUT2D eigenvalue weighted by molar-refractivity contribution is -0.121. The third-order valence-corrected chi connectivity index (χ3v) is 4.43. The maximum absolute atomic E-state index is 11.8. The van der Waals surface area contributed by atoms with E-state index in [4.69, 9.17) is 4.74 Å². The van der Waals surface area contributed by atoms with Crippen molar-refractivity contribution in [3.8, 4) is 5.75 Å². The van der Waals surface area contributed by atoms with Crippen LogP contribution in [0.3, 0.4) is 0 Å². The summed E-state index contributed by atoms with van der Waals surface area (Å²) in [5, 5.41) is 9.10. The molecule has 1 aromatic rings. The third kappa shape index (κ3) is 14.0.